The number of hydrogen-bond acceptors (Lipinski definition) is 20. The predicted molar refractivity (Wildman–Crippen MR) is 275 cm³/mol. The van der Waals surface area contributed by atoms with E-state index in [1.807, 2.05) is 97.1 Å². The van der Waals surface area contributed by atoms with Crippen LogP contribution < -0.4 is 55.9 Å². The van der Waals surface area contributed by atoms with Gasteiger partial charge in [-0.2, -0.15) is 0 Å². The van der Waals surface area contributed by atoms with Crippen molar-refractivity contribution in [2.45, 2.75) is 0 Å². The summed E-state index contributed by atoms with van der Waals surface area (Å²) in [7, 11) is -11.4. The molecule has 0 fully saturated rings. The number of aromatic nitrogens is 8. The molecule has 20 nitrogen and oxygen atoms in total. The van der Waals surface area contributed by atoms with E-state index >= 15 is 0 Å². The van der Waals surface area contributed by atoms with Crippen molar-refractivity contribution in [3.63, 3.8) is 0 Å². The zero-order chi connectivity index (χ0) is 60.9. The van der Waals surface area contributed by atoms with Gasteiger partial charge in [0.1, 0.15) is 0 Å². The molecule has 8 heterocycles. The van der Waals surface area contributed by atoms with E-state index in [0.717, 1.165) is 44.5 Å². The average Bonchev–Trinajstić information content (AvgIpc) is 3.49. The number of pyridine rings is 8. The van der Waals surface area contributed by atoms with Crippen molar-refractivity contribution >= 4 is 48.6 Å². The van der Waals surface area contributed by atoms with Crippen molar-refractivity contribution in [3.8, 4) is 0 Å². The molecule has 28 heteroatoms. The summed E-state index contributed by atoms with van der Waals surface area (Å²) >= 11 is 0. The fraction of sp³-hybridized carbons (Fsp3) is 0. The van der Waals surface area contributed by atoms with Gasteiger partial charge in [-0.3, -0.25) is 39.9 Å². The topological polar surface area (TPSA) is 380 Å². The number of halogens is 4. The minimum atomic E-state index is -2.85. The zero-order valence-corrected chi connectivity index (χ0v) is 52.9. The quantitative estimate of drug-likeness (QED) is 0.173. The molecular weight excluding hydrogens is 1550 g/mol. The maximum Gasteiger partial charge on any atom is 1.00 e. The smallest absolute Gasteiger partial charge is 0.357 e. The van der Waals surface area contributed by atoms with Crippen LogP contribution in [-0.4, -0.2) is 39.9 Å². The molecule has 0 aromatic carbocycles. The van der Waals surface area contributed by atoms with Gasteiger partial charge >= 0.3 is 89.5 Å². The van der Waals surface area contributed by atoms with E-state index in [2.05, 4.69) is 92.5 Å². The van der Waals surface area contributed by atoms with Crippen LogP contribution in [0.4, 0.5) is 0 Å². The molecule has 464 valence electrons. The zero-order valence-electron chi connectivity index (χ0n) is 43.9. The molecule has 0 amide bonds. The van der Waals surface area contributed by atoms with Crippen molar-refractivity contribution < 1.29 is 189 Å². The van der Waals surface area contributed by atoms with Gasteiger partial charge in [-0.25, -0.2) is 0 Å². The maximum absolute atomic E-state index is 8.41. The van der Waals surface area contributed by atoms with Gasteiger partial charge < -0.3 is 55.9 Å². The van der Waals surface area contributed by atoms with E-state index < -0.39 is 43.1 Å². The minimum Gasteiger partial charge on any atom is -0.357 e. The Hall–Kier alpha value is -5.24. The summed E-state index contributed by atoms with van der Waals surface area (Å²) in [5.74, 6) is 0. The van der Waals surface area contributed by atoms with Crippen molar-refractivity contribution in [1.82, 2.24) is 39.9 Å². The largest absolute Gasteiger partial charge is 1.00 e. The molecule has 0 aliphatic carbocycles. The number of hydrogen-bond donors (Lipinski definition) is 0. The molecule has 0 unspecified atom stereocenters. The van der Waals surface area contributed by atoms with Crippen molar-refractivity contribution in [2.75, 3.05) is 0 Å². The Morgan fingerprint density at radius 1 is 0.190 bits per heavy atom. The fourth-order valence-corrected chi connectivity index (χ4v) is 4.00. The maximum atomic E-state index is 8.41. The number of rotatable bonds is 8. The van der Waals surface area contributed by atoms with Gasteiger partial charge in [0.25, 0.3) is 0 Å². The molecule has 8 rings (SSSR count). The molecule has 8 aromatic rings. The second-order valence-corrected chi connectivity index (χ2v) is 14.1. The fourth-order valence-electron chi connectivity index (χ4n) is 4.00. The van der Waals surface area contributed by atoms with Gasteiger partial charge in [0.15, 0.2) is 0 Å². The van der Waals surface area contributed by atoms with Crippen LogP contribution in [-0.2, 0) is 89.5 Å². The van der Waals surface area contributed by atoms with Crippen LogP contribution in [0.2, 0.25) is 0 Å². The van der Waals surface area contributed by atoms with Gasteiger partial charge in [0, 0.05) is 99.1 Å². The average molecular weight is 1610 g/mol. The second kappa shape index (κ2) is 73.9. The molecule has 0 aliphatic heterocycles. The predicted octanol–water partition coefficient (Wildman–Crippen LogP) is -0.481. The van der Waals surface area contributed by atoms with E-state index in [9.17, 15) is 0 Å². The van der Waals surface area contributed by atoms with Gasteiger partial charge in [-0.05, 0) is 142 Å². The molecule has 0 spiro atoms. The van der Waals surface area contributed by atoms with Gasteiger partial charge in [0.05, 0.1) is 43.1 Å². The first kappa shape index (κ1) is 95.1. The molecule has 8 aromatic heterocycles. The second-order valence-electron chi connectivity index (χ2n) is 12.6. The minimum absolute atomic E-state index is 0. The van der Waals surface area contributed by atoms with Crippen molar-refractivity contribution in [1.29, 1.82) is 0 Å². The molecule has 0 N–H and O–H groups in total. The molecular formula is C56H56Ag4Cl4N8O12. The van der Waals surface area contributed by atoms with E-state index in [4.69, 9.17) is 55.9 Å². The van der Waals surface area contributed by atoms with Gasteiger partial charge in [-0.15, -0.1) is 0 Å². The first-order valence-electron chi connectivity index (χ1n) is 21.5. The third-order valence-corrected chi connectivity index (χ3v) is 7.53. The summed E-state index contributed by atoms with van der Waals surface area (Å²) in [5.41, 5.74) is 8.89. The van der Waals surface area contributed by atoms with E-state index in [0.29, 0.717) is 0 Å². The van der Waals surface area contributed by atoms with Crippen LogP contribution in [0.5, 0.6) is 0 Å². The summed E-state index contributed by atoms with van der Waals surface area (Å²) in [6.07, 6.45) is 42.3. The third kappa shape index (κ3) is 78.8. The first-order chi connectivity index (χ1) is 38.4. The monoisotopic (exact) mass is 1600 g/mol. The van der Waals surface area contributed by atoms with Gasteiger partial charge in [0.2, 0.25) is 0 Å². The standard InChI is InChI=1S/8C7H7N.4Ag.4ClO3/c8*1-2-7-3-5-8-6-4-7;;;;;4*2-1(3)4/h8*2-6H,1H2;;;;;;;;/q;;;;;;;;4*+1;4*-1. The first-order valence-corrected chi connectivity index (χ1v) is 25.2. The van der Waals surface area contributed by atoms with E-state index in [1.54, 1.807) is 148 Å². The Morgan fingerprint density at radius 3 is 0.286 bits per heavy atom. The summed E-state index contributed by atoms with van der Waals surface area (Å²) in [5, 5.41) is 0. The SMILES string of the molecule is C=Cc1ccncc1.C=Cc1ccncc1.C=Cc1ccncc1.C=Cc1ccncc1.C=Cc1ccncc1.C=Cc1ccncc1.C=Cc1ccncc1.C=Cc1ccncc1.[Ag+].[Ag+].[Ag+].[Ag+].[O-][Cl+2]([O-])[O-].[O-][Cl+2]([O-])[O-].[O-][Cl+2]([O-])[O-].[O-][Cl+2]([O-])[O-]. The van der Waals surface area contributed by atoms with E-state index in [-0.39, 0.29) is 89.5 Å². The summed E-state index contributed by atoms with van der Waals surface area (Å²) in [6.45, 7) is 28.8. The molecule has 0 bridgehead atoms. The Bertz CT molecular complexity index is 2120. The normalized spacial score (nSPS) is 8.19. The molecule has 0 saturated heterocycles. The molecule has 0 atom stereocenters. The summed E-state index contributed by atoms with van der Waals surface area (Å²) in [6, 6.07) is 30.6. The molecule has 0 aliphatic rings. The molecule has 0 radical (unpaired) electrons. The van der Waals surface area contributed by atoms with Gasteiger partial charge in [-0.1, -0.05) is 101 Å². The Balaban J connectivity index is -0.000000126. The Labute approximate surface area is 565 Å². The van der Waals surface area contributed by atoms with E-state index in [1.165, 1.54) is 0 Å². The van der Waals surface area contributed by atoms with Crippen LogP contribution >= 0.6 is 0 Å². The Kier molecular flexibility index (Phi) is 83.6. The number of nitrogens with zero attached hydrogens (tertiary/aromatic N) is 8. The van der Waals surface area contributed by atoms with Crippen LogP contribution in [0.1, 0.15) is 44.5 Å². The third-order valence-electron chi connectivity index (χ3n) is 7.53. The van der Waals surface area contributed by atoms with Crippen LogP contribution in [0, 0.1) is 43.1 Å². The van der Waals surface area contributed by atoms with Crippen LogP contribution in [0.25, 0.3) is 48.6 Å². The molecule has 84 heavy (non-hydrogen) atoms. The Morgan fingerprint density at radius 2 is 0.250 bits per heavy atom. The van der Waals surface area contributed by atoms with Crippen LogP contribution in [0.3, 0.4) is 0 Å². The summed E-state index contributed by atoms with van der Waals surface area (Å²) < 4.78 is 101. The van der Waals surface area contributed by atoms with Crippen LogP contribution in [0.15, 0.2) is 249 Å². The van der Waals surface area contributed by atoms with Crippen molar-refractivity contribution in [2.24, 2.45) is 0 Å². The molecule has 0 saturated carbocycles. The van der Waals surface area contributed by atoms with Crippen molar-refractivity contribution in [3.05, 3.63) is 293 Å². The summed E-state index contributed by atoms with van der Waals surface area (Å²) in [4.78, 5) is 30.8.